The highest BCUT2D eigenvalue weighted by molar-refractivity contribution is 7.91. The lowest BCUT2D eigenvalue weighted by molar-refractivity contribution is 0.00539. The van der Waals surface area contributed by atoms with Gasteiger partial charge in [0.25, 0.3) is 10.0 Å². The van der Waals surface area contributed by atoms with Crippen LogP contribution >= 0.6 is 11.3 Å². The summed E-state index contributed by atoms with van der Waals surface area (Å²) in [7, 11) is -3.40. The van der Waals surface area contributed by atoms with Crippen molar-refractivity contribution in [2.24, 2.45) is 0 Å². The maximum absolute atomic E-state index is 13.1. The summed E-state index contributed by atoms with van der Waals surface area (Å²) in [5.41, 5.74) is 0. The van der Waals surface area contributed by atoms with E-state index in [0.29, 0.717) is 23.3 Å². The molecule has 1 aromatic heterocycles. The van der Waals surface area contributed by atoms with Crippen LogP contribution in [0, 0.1) is 0 Å². The predicted molar refractivity (Wildman–Crippen MR) is 96.0 cm³/mol. The van der Waals surface area contributed by atoms with E-state index in [-0.39, 0.29) is 0 Å². The molecule has 24 heavy (non-hydrogen) atoms. The van der Waals surface area contributed by atoms with Crippen molar-refractivity contribution in [1.82, 2.24) is 9.21 Å². The molecule has 7 heteroatoms. The Labute approximate surface area is 146 Å². The standard InChI is InChI=1S/C17H22N2O3S2/c20-24(21,17-12-14-4-1-2-6-16(14)23-17)19-7-3-5-15(13-19)18-8-10-22-11-9-18/h1-2,4,6,12,15H,3,5,7-11,13H2. The first kappa shape index (κ1) is 16.5. The number of sulfonamides is 1. The number of rotatable bonds is 3. The molecule has 0 aliphatic carbocycles. The minimum Gasteiger partial charge on any atom is -0.379 e. The quantitative estimate of drug-likeness (QED) is 0.837. The van der Waals surface area contributed by atoms with Crippen molar-refractivity contribution in [3.8, 4) is 0 Å². The van der Waals surface area contributed by atoms with Crippen LogP contribution in [0.15, 0.2) is 34.5 Å². The molecule has 2 fully saturated rings. The summed E-state index contributed by atoms with van der Waals surface area (Å²) >= 11 is 1.37. The minimum atomic E-state index is -3.40. The summed E-state index contributed by atoms with van der Waals surface area (Å²) in [6.07, 6.45) is 1.99. The second kappa shape index (κ2) is 6.72. The Balaban J connectivity index is 1.56. The Morgan fingerprint density at radius 3 is 2.71 bits per heavy atom. The second-order valence-corrected chi connectivity index (χ2v) is 9.66. The van der Waals surface area contributed by atoms with Gasteiger partial charge in [-0.05, 0) is 30.4 Å². The number of ether oxygens (including phenoxy) is 1. The molecule has 3 heterocycles. The lowest BCUT2D eigenvalue weighted by atomic mass is 10.1. The predicted octanol–water partition coefficient (Wildman–Crippen LogP) is 2.39. The zero-order valence-electron chi connectivity index (χ0n) is 13.6. The number of thiophene rings is 1. The first-order chi connectivity index (χ1) is 11.6. The highest BCUT2D eigenvalue weighted by Gasteiger charge is 2.34. The van der Waals surface area contributed by atoms with Crippen LogP contribution in [0.1, 0.15) is 12.8 Å². The molecule has 0 saturated carbocycles. The SMILES string of the molecule is O=S(=O)(c1cc2ccccc2s1)N1CCCC(N2CCOCC2)C1. The van der Waals surface area contributed by atoms with Gasteiger partial charge in [-0.15, -0.1) is 11.3 Å². The molecular formula is C17H22N2O3S2. The van der Waals surface area contributed by atoms with E-state index in [9.17, 15) is 8.42 Å². The largest absolute Gasteiger partial charge is 0.379 e. The maximum atomic E-state index is 13.1. The normalized spacial score (nSPS) is 24.4. The third-order valence-electron chi connectivity index (χ3n) is 4.92. The highest BCUT2D eigenvalue weighted by atomic mass is 32.2. The maximum Gasteiger partial charge on any atom is 0.252 e. The van der Waals surface area contributed by atoms with Crippen molar-refractivity contribution in [3.05, 3.63) is 30.3 Å². The fraction of sp³-hybridized carbons (Fsp3) is 0.529. The van der Waals surface area contributed by atoms with Crippen molar-refractivity contribution in [3.63, 3.8) is 0 Å². The van der Waals surface area contributed by atoms with Gasteiger partial charge >= 0.3 is 0 Å². The van der Waals surface area contributed by atoms with E-state index in [4.69, 9.17) is 4.74 Å². The van der Waals surface area contributed by atoms with Crippen LogP contribution in [0.2, 0.25) is 0 Å². The number of fused-ring (bicyclic) bond motifs is 1. The zero-order chi connectivity index (χ0) is 16.6. The fourth-order valence-corrected chi connectivity index (χ4v) is 6.66. The first-order valence-corrected chi connectivity index (χ1v) is 10.7. The summed E-state index contributed by atoms with van der Waals surface area (Å²) < 4.78 is 34.7. The van der Waals surface area contributed by atoms with E-state index in [1.165, 1.54) is 11.3 Å². The second-order valence-electron chi connectivity index (χ2n) is 6.41. The van der Waals surface area contributed by atoms with Gasteiger partial charge in [0.05, 0.1) is 13.2 Å². The van der Waals surface area contributed by atoms with Gasteiger partial charge in [-0.3, -0.25) is 4.90 Å². The van der Waals surface area contributed by atoms with Gasteiger partial charge in [0.1, 0.15) is 4.21 Å². The monoisotopic (exact) mass is 366 g/mol. The summed E-state index contributed by atoms with van der Waals surface area (Å²) in [5, 5.41) is 1.00. The van der Waals surface area contributed by atoms with Crippen LogP contribution in [0.25, 0.3) is 10.1 Å². The van der Waals surface area contributed by atoms with Crippen molar-refractivity contribution in [2.75, 3.05) is 39.4 Å². The van der Waals surface area contributed by atoms with E-state index in [1.807, 2.05) is 30.3 Å². The molecule has 2 aliphatic rings. The van der Waals surface area contributed by atoms with E-state index < -0.39 is 10.0 Å². The number of morpholine rings is 1. The van der Waals surface area contributed by atoms with E-state index in [0.717, 1.165) is 49.2 Å². The third-order valence-corrected chi connectivity index (χ3v) is 8.35. The van der Waals surface area contributed by atoms with Crippen LogP contribution in [0.3, 0.4) is 0 Å². The summed E-state index contributed by atoms with van der Waals surface area (Å²) in [4.78, 5) is 2.39. The van der Waals surface area contributed by atoms with E-state index in [1.54, 1.807) is 4.31 Å². The molecule has 2 aliphatic heterocycles. The minimum absolute atomic E-state index is 0.312. The molecule has 1 atom stereocenters. The fourth-order valence-electron chi connectivity index (χ4n) is 3.59. The number of benzene rings is 1. The Morgan fingerprint density at radius 1 is 1.12 bits per heavy atom. The van der Waals surface area contributed by atoms with Crippen LogP contribution in [-0.2, 0) is 14.8 Å². The third kappa shape index (κ3) is 3.11. The molecule has 0 spiro atoms. The Bertz CT molecular complexity index is 779. The molecule has 1 aromatic carbocycles. The van der Waals surface area contributed by atoms with E-state index >= 15 is 0 Å². The average Bonchev–Trinajstić information content (AvgIpc) is 3.08. The molecule has 0 radical (unpaired) electrons. The number of nitrogens with zero attached hydrogens (tertiary/aromatic N) is 2. The average molecular weight is 367 g/mol. The molecule has 0 N–H and O–H groups in total. The van der Waals surface area contributed by atoms with E-state index in [2.05, 4.69) is 4.90 Å². The Kier molecular flexibility index (Phi) is 4.62. The van der Waals surface area contributed by atoms with Gasteiger partial charge < -0.3 is 4.74 Å². The molecule has 1 unspecified atom stereocenters. The summed E-state index contributed by atoms with van der Waals surface area (Å²) in [5.74, 6) is 0. The van der Waals surface area contributed by atoms with Crippen molar-refractivity contribution in [1.29, 1.82) is 0 Å². The highest BCUT2D eigenvalue weighted by Crippen LogP contribution is 2.32. The van der Waals surface area contributed by atoms with Gasteiger partial charge in [0, 0.05) is 36.9 Å². The molecule has 0 amide bonds. The summed E-state index contributed by atoms with van der Waals surface area (Å²) in [6, 6.07) is 9.97. The van der Waals surface area contributed by atoms with Gasteiger partial charge in [0.15, 0.2) is 0 Å². The number of piperidine rings is 1. The van der Waals surface area contributed by atoms with Crippen molar-refractivity contribution < 1.29 is 13.2 Å². The smallest absolute Gasteiger partial charge is 0.252 e. The van der Waals surface area contributed by atoms with Gasteiger partial charge in [0.2, 0.25) is 0 Å². The summed E-state index contributed by atoms with van der Waals surface area (Å²) in [6.45, 7) is 4.52. The van der Waals surface area contributed by atoms with Gasteiger partial charge in [-0.2, -0.15) is 4.31 Å². The Hall–Kier alpha value is -0.990. The van der Waals surface area contributed by atoms with Crippen molar-refractivity contribution in [2.45, 2.75) is 23.1 Å². The van der Waals surface area contributed by atoms with Crippen LogP contribution in [0.4, 0.5) is 0 Å². The Morgan fingerprint density at radius 2 is 1.92 bits per heavy atom. The van der Waals surface area contributed by atoms with Gasteiger partial charge in [-0.25, -0.2) is 8.42 Å². The molecular weight excluding hydrogens is 344 g/mol. The topological polar surface area (TPSA) is 49.9 Å². The molecule has 5 nitrogen and oxygen atoms in total. The molecule has 4 rings (SSSR count). The molecule has 2 aromatic rings. The molecule has 2 saturated heterocycles. The lowest BCUT2D eigenvalue weighted by Crippen LogP contribution is -2.52. The van der Waals surface area contributed by atoms with Crippen LogP contribution in [0.5, 0.6) is 0 Å². The lowest BCUT2D eigenvalue weighted by Gasteiger charge is -2.40. The van der Waals surface area contributed by atoms with Crippen molar-refractivity contribution >= 4 is 31.4 Å². The van der Waals surface area contributed by atoms with Crippen LogP contribution in [-0.4, -0.2) is 63.1 Å². The number of hydrogen-bond donors (Lipinski definition) is 0. The molecule has 0 bridgehead atoms. The number of hydrogen-bond acceptors (Lipinski definition) is 5. The van der Waals surface area contributed by atoms with Gasteiger partial charge in [-0.1, -0.05) is 18.2 Å². The first-order valence-electron chi connectivity index (χ1n) is 8.45. The van der Waals surface area contributed by atoms with Crippen LogP contribution < -0.4 is 0 Å². The molecule has 130 valence electrons. The zero-order valence-corrected chi connectivity index (χ0v) is 15.2.